The van der Waals surface area contributed by atoms with Gasteiger partial charge in [-0.05, 0) is 49.3 Å². The van der Waals surface area contributed by atoms with E-state index in [4.69, 9.17) is 10.5 Å². The Morgan fingerprint density at radius 1 is 1.16 bits per heavy atom. The molecule has 2 N–H and O–H groups in total. The van der Waals surface area contributed by atoms with Crippen LogP contribution in [0, 0.1) is 19.3 Å². The first-order valence-electron chi connectivity index (χ1n) is 7.19. The van der Waals surface area contributed by atoms with Crippen LogP contribution in [-0.4, -0.2) is 18.8 Å². The van der Waals surface area contributed by atoms with Gasteiger partial charge in [0.2, 0.25) is 0 Å². The Morgan fingerprint density at radius 3 is 2.26 bits per heavy atom. The second-order valence-corrected chi connectivity index (χ2v) is 6.53. The molecule has 1 rings (SSSR count). The lowest BCUT2D eigenvalue weighted by molar-refractivity contribution is -0.0274. The maximum atomic E-state index is 6.39. The van der Waals surface area contributed by atoms with Gasteiger partial charge in [-0.25, -0.2) is 0 Å². The number of nitrogens with two attached hydrogens (primary N) is 1. The van der Waals surface area contributed by atoms with Crippen LogP contribution in [0.25, 0.3) is 0 Å². The molecule has 0 heterocycles. The first-order chi connectivity index (χ1) is 8.75. The maximum Gasteiger partial charge on any atom is 0.0777 e. The van der Waals surface area contributed by atoms with E-state index in [9.17, 15) is 0 Å². The van der Waals surface area contributed by atoms with Crippen LogP contribution in [0.3, 0.4) is 0 Å². The minimum absolute atomic E-state index is 0.0297. The van der Waals surface area contributed by atoms with Crippen molar-refractivity contribution in [2.24, 2.45) is 11.1 Å². The van der Waals surface area contributed by atoms with Crippen LogP contribution in [0.4, 0.5) is 0 Å². The Morgan fingerprint density at radius 2 is 1.79 bits per heavy atom. The Bertz CT molecular complexity index is 406. The van der Waals surface area contributed by atoms with Gasteiger partial charge in [-0.3, -0.25) is 0 Å². The highest BCUT2D eigenvalue weighted by Crippen LogP contribution is 2.26. The van der Waals surface area contributed by atoms with Gasteiger partial charge in [-0.1, -0.05) is 39.0 Å². The van der Waals surface area contributed by atoms with Crippen LogP contribution in [0.1, 0.15) is 44.4 Å². The Hall–Kier alpha value is -0.860. The fourth-order valence-electron chi connectivity index (χ4n) is 2.51. The van der Waals surface area contributed by atoms with Gasteiger partial charge < -0.3 is 10.5 Å². The molecule has 2 unspecified atom stereocenters. The highest BCUT2D eigenvalue weighted by atomic mass is 16.5. The van der Waals surface area contributed by atoms with Gasteiger partial charge in [-0.2, -0.15) is 0 Å². The second-order valence-electron chi connectivity index (χ2n) is 6.53. The van der Waals surface area contributed by atoms with Crippen molar-refractivity contribution < 1.29 is 4.74 Å². The molecule has 0 aliphatic rings. The van der Waals surface area contributed by atoms with E-state index in [2.05, 4.69) is 52.8 Å². The Kier molecular flexibility index (Phi) is 5.57. The number of ether oxygens (including phenoxy) is 1. The van der Waals surface area contributed by atoms with Crippen LogP contribution in [0.2, 0.25) is 0 Å². The molecule has 0 radical (unpaired) electrons. The summed E-state index contributed by atoms with van der Waals surface area (Å²) in [5, 5.41) is 0. The molecule has 2 nitrogen and oxygen atoms in total. The third-order valence-electron chi connectivity index (χ3n) is 3.63. The molecule has 2 heteroatoms. The molecule has 1 aromatic rings. The zero-order valence-corrected chi connectivity index (χ0v) is 13.3. The van der Waals surface area contributed by atoms with Crippen molar-refractivity contribution in [3.8, 4) is 0 Å². The molecule has 19 heavy (non-hydrogen) atoms. The normalized spacial score (nSPS) is 15.3. The van der Waals surface area contributed by atoms with Crippen molar-refractivity contribution in [3.05, 3.63) is 34.9 Å². The minimum Gasteiger partial charge on any atom is -0.376 e. The minimum atomic E-state index is 0.0297. The zero-order chi connectivity index (χ0) is 14.6. The van der Waals surface area contributed by atoms with Crippen LogP contribution in [0.5, 0.6) is 0 Å². The predicted molar refractivity (Wildman–Crippen MR) is 82.5 cm³/mol. The van der Waals surface area contributed by atoms with E-state index < -0.39 is 0 Å². The topological polar surface area (TPSA) is 35.2 Å². The van der Waals surface area contributed by atoms with E-state index in [0.29, 0.717) is 6.61 Å². The summed E-state index contributed by atoms with van der Waals surface area (Å²) in [4.78, 5) is 0. The zero-order valence-electron chi connectivity index (χ0n) is 13.3. The molecular weight excluding hydrogens is 234 g/mol. The largest absolute Gasteiger partial charge is 0.376 e. The average molecular weight is 263 g/mol. The van der Waals surface area contributed by atoms with Gasteiger partial charge in [0, 0.05) is 12.6 Å². The summed E-state index contributed by atoms with van der Waals surface area (Å²) in [6.07, 6.45) is 0.947. The van der Waals surface area contributed by atoms with Crippen molar-refractivity contribution in [1.29, 1.82) is 0 Å². The van der Waals surface area contributed by atoms with Crippen LogP contribution >= 0.6 is 0 Å². The summed E-state index contributed by atoms with van der Waals surface area (Å²) in [7, 11) is 0. The van der Waals surface area contributed by atoms with Crippen LogP contribution in [-0.2, 0) is 11.2 Å². The second kappa shape index (κ2) is 6.53. The molecule has 1 aromatic carbocycles. The summed E-state index contributed by atoms with van der Waals surface area (Å²) in [5.41, 5.74) is 10.4. The van der Waals surface area contributed by atoms with Crippen molar-refractivity contribution in [1.82, 2.24) is 0 Å². The van der Waals surface area contributed by atoms with Crippen molar-refractivity contribution in [2.75, 3.05) is 6.61 Å². The number of hydrogen-bond acceptors (Lipinski definition) is 2. The molecule has 108 valence electrons. The fourth-order valence-corrected chi connectivity index (χ4v) is 2.51. The van der Waals surface area contributed by atoms with Gasteiger partial charge in [0.1, 0.15) is 0 Å². The van der Waals surface area contributed by atoms with Gasteiger partial charge >= 0.3 is 0 Å². The summed E-state index contributed by atoms with van der Waals surface area (Å²) in [5.74, 6) is 0. The molecule has 0 aliphatic heterocycles. The number of hydrogen-bond donors (Lipinski definition) is 1. The maximum absolute atomic E-state index is 6.39. The number of aryl methyl sites for hydroxylation is 2. The van der Waals surface area contributed by atoms with Gasteiger partial charge in [0.15, 0.2) is 0 Å². The molecule has 0 bridgehead atoms. The lowest BCUT2D eigenvalue weighted by Crippen LogP contribution is -2.46. The van der Waals surface area contributed by atoms with Gasteiger partial charge in [0.05, 0.1) is 6.10 Å². The fraction of sp³-hybridized carbons (Fsp3) is 0.647. The van der Waals surface area contributed by atoms with Crippen molar-refractivity contribution >= 4 is 0 Å². The van der Waals surface area contributed by atoms with Crippen molar-refractivity contribution in [3.63, 3.8) is 0 Å². The summed E-state index contributed by atoms with van der Waals surface area (Å²) >= 11 is 0. The first kappa shape index (κ1) is 16.2. The average Bonchev–Trinajstić information content (AvgIpc) is 2.29. The number of benzene rings is 1. The molecular formula is C17H29NO. The summed E-state index contributed by atoms with van der Waals surface area (Å²) in [6.45, 7) is 13.6. The van der Waals surface area contributed by atoms with E-state index in [0.717, 1.165) is 6.42 Å². The molecule has 0 aromatic heterocycles. The number of rotatable bonds is 5. The quantitative estimate of drug-likeness (QED) is 0.880. The van der Waals surface area contributed by atoms with E-state index in [1.54, 1.807) is 0 Å². The lowest BCUT2D eigenvalue weighted by atomic mass is 9.82. The Balaban J connectivity index is 2.81. The predicted octanol–water partition coefficient (Wildman–Crippen LogP) is 3.62. The molecule has 0 aliphatic carbocycles. The molecule has 0 saturated carbocycles. The summed E-state index contributed by atoms with van der Waals surface area (Å²) in [6, 6.07) is 6.61. The highest BCUT2D eigenvalue weighted by molar-refractivity contribution is 5.30. The third-order valence-corrected chi connectivity index (χ3v) is 3.63. The molecule has 0 spiro atoms. The summed E-state index contributed by atoms with van der Waals surface area (Å²) < 4.78 is 5.87. The third kappa shape index (κ3) is 4.63. The van der Waals surface area contributed by atoms with E-state index in [1.165, 1.54) is 16.7 Å². The molecule has 2 atom stereocenters. The van der Waals surface area contributed by atoms with Gasteiger partial charge in [0.25, 0.3) is 0 Å². The van der Waals surface area contributed by atoms with E-state index >= 15 is 0 Å². The van der Waals surface area contributed by atoms with E-state index in [1.807, 2.05) is 6.92 Å². The van der Waals surface area contributed by atoms with Crippen LogP contribution in [0.15, 0.2) is 18.2 Å². The monoisotopic (exact) mass is 263 g/mol. The smallest absolute Gasteiger partial charge is 0.0777 e. The SMILES string of the molecule is CCOC(C(N)Cc1ccc(C)c(C)c1)C(C)(C)C. The standard InChI is InChI=1S/C17H29NO/c1-7-19-16(17(4,5)6)15(18)11-14-9-8-12(2)13(3)10-14/h8-10,15-16H,7,11,18H2,1-6H3. The molecule has 0 fully saturated rings. The van der Waals surface area contributed by atoms with Gasteiger partial charge in [-0.15, -0.1) is 0 Å². The lowest BCUT2D eigenvalue weighted by Gasteiger charge is -2.35. The van der Waals surface area contributed by atoms with Crippen LogP contribution < -0.4 is 5.73 Å². The molecule has 0 saturated heterocycles. The molecule has 0 amide bonds. The van der Waals surface area contributed by atoms with E-state index in [-0.39, 0.29) is 17.6 Å². The van der Waals surface area contributed by atoms with Crippen molar-refractivity contribution in [2.45, 2.75) is 60.1 Å². The first-order valence-corrected chi connectivity index (χ1v) is 7.19. The highest BCUT2D eigenvalue weighted by Gasteiger charge is 2.30. The Labute approximate surface area is 118 Å².